The van der Waals surface area contributed by atoms with Crippen molar-refractivity contribution in [2.75, 3.05) is 0 Å². The standard InChI is InChI=1S/C14H15BrN2O2/c1-10(6-7-11-4-3-9-19-11)17-14(18)13-12(15)5-2-8-16-13/h2-5,8-10H,6-7H2,1H3,(H,17,18). The maximum absolute atomic E-state index is 12.0. The Morgan fingerprint density at radius 2 is 2.32 bits per heavy atom. The molecule has 0 aromatic carbocycles. The van der Waals surface area contributed by atoms with E-state index in [0.717, 1.165) is 18.6 Å². The molecule has 0 aliphatic rings. The molecule has 1 N–H and O–H groups in total. The van der Waals surface area contributed by atoms with Crippen molar-refractivity contribution in [3.05, 3.63) is 52.7 Å². The fourth-order valence-corrected chi connectivity index (χ4v) is 2.17. The van der Waals surface area contributed by atoms with Gasteiger partial charge in [-0.3, -0.25) is 4.79 Å². The van der Waals surface area contributed by atoms with E-state index in [1.54, 1.807) is 24.6 Å². The Morgan fingerprint density at radius 1 is 1.47 bits per heavy atom. The molecule has 2 aromatic rings. The van der Waals surface area contributed by atoms with Crippen LogP contribution in [0, 0.1) is 0 Å². The molecule has 0 saturated carbocycles. The Bertz CT molecular complexity index is 540. The summed E-state index contributed by atoms with van der Waals surface area (Å²) < 4.78 is 5.96. The van der Waals surface area contributed by atoms with Crippen molar-refractivity contribution >= 4 is 21.8 Å². The Hall–Kier alpha value is -1.62. The van der Waals surface area contributed by atoms with Gasteiger partial charge in [-0.25, -0.2) is 4.98 Å². The predicted octanol–water partition coefficient (Wildman–Crippen LogP) is 3.19. The molecule has 1 amide bonds. The van der Waals surface area contributed by atoms with Crippen molar-refractivity contribution < 1.29 is 9.21 Å². The van der Waals surface area contributed by atoms with Gasteiger partial charge in [0.05, 0.1) is 6.26 Å². The van der Waals surface area contributed by atoms with Crippen molar-refractivity contribution in [3.8, 4) is 0 Å². The quantitative estimate of drug-likeness (QED) is 0.919. The number of halogens is 1. The smallest absolute Gasteiger partial charge is 0.271 e. The van der Waals surface area contributed by atoms with Gasteiger partial charge in [-0.15, -0.1) is 0 Å². The summed E-state index contributed by atoms with van der Waals surface area (Å²) in [6.45, 7) is 1.97. The van der Waals surface area contributed by atoms with E-state index in [1.807, 2.05) is 19.1 Å². The van der Waals surface area contributed by atoms with Gasteiger partial charge >= 0.3 is 0 Å². The molecule has 1 unspecified atom stereocenters. The first-order valence-electron chi connectivity index (χ1n) is 6.10. The second-order valence-electron chi connectivity index (χ2n) is 4.33. The van der Waals surface area contributed by atoms with Gasteiger partial charge in [0.1, 0.15) is 11.5 Å². The first-order valence-corrected chi connectivity index (χ1v) is 6.90. The van der Waals surface area contributed by atoms with E-state index in [0.29, 0.717) is 10.2 Å². The number of aryl methyl sites for hydroxylation is 1. The average molecular weight is 323 g/mol. The van der Waals surface area contributed by atoms with Gasteiger partial charge in [-0.1, -0.05) is 0 Å². The molecule has 0 spiro atoms. The molecule has 100 valence electrons. The van der Waals surface area contributed by atoms with Crippen LogP contribution in [0.2, 0.25) is 0 Å². The minimum absolute atomic E-state index is 0.0616. The summed E-state index contributed by atoms with van der Waals surface area (Å²) in [5, 5.41) is 2.93. The molecular formula is C14H15BrN2O2. The molecule has 5 heteroatoms. The number of nitrogens with zero attached hydrogens (tertiary/aromatic N) is 1. The van der Waals surface area contributed by atoms with Gasteiger partial charge in [-0.05, 0) is 53.5 Å². The zero-order chi connectivity index (χ0) is 13.7. The minimum atomic E-state index is -0.167. The van der Waals surface area contributed by atoms with Gasteiger partial charge in [0.15, 0.2) is 0 Å². The number of carbonyl (C=O) groups is 1. The maximum atomic E-state index is 12.0. The van der Waals surface area contributed by atoms with E-state index in [-0.39, 0.29) is 11.9 Å². The van der Waals surface area contributed by atoms with Crippen molar-refractivity contribution in [1.29, 1.82) is 0 Å². The Morgan fingerprint density at radius 3 is 3.00 bits per heavy atom. The van der Waals surface area contributed by atoms with E-state index in [2.05, 4.69) is 26.2 Å². The monoisotopic (exact) mass is 322 g/mol. The summed E-state index contributed by atoms with van der Waals surface area (Å²) in [6.07, 6.45) is 4.89. The van der Waals surface area contributed by atoms with Gasteiger partial charge in [0.2, 0.25) is 0 Å². The zero-order valence-corrected chi connectivity index (χ0v) is 12.2. The molecule has 0 bridgehead atoms. The van der Waals surface area contributed by atoms with Crippen LogP contribution in [0.4, 0.5) is 0 Å². The van der Waals surface area contributed by atoms with E-state index in [4.69, 9.17) is 4.42 Å². The molecule has 2 aromatic heterocycles. The largest absolute Gasteiger partial charge is 0.469 e. The molecule has 0 aliphatic heterocycles. The topological polar surface area (TPSA) is 55.1 Å². The number of pyridine rings is 1. The SMILES string of the molecule is CC(CCc1ccco1)NC(=O)c1ncccc1Br. The van der Waals surface area contributed by atoms with Crippen LogP contribution in [-0.4, -0.2) is 16.9 Å². The summed E-state index contributed by atoms with van der Waals surface area (Å²) in [5.74, 6) is 0.763. The van der Waals surface area contributed by atoms with Gasteiger partial charge in [0, 0.05) is 23.1 Å². The molecule has 4 nitrogen and oxygen atoms in total. The van der Waals surface area contributed by atoms with Crippen LogP contribution in [0.3, 0.4) is 0 Å². The summed E-state index contributed by atoms with van der Waals surface area (Å²) in [5.41, 5.74) is 0.410. The highest BCUT2D eigenvalue weighted by atomic mass is 79.9. The van der Waals surface area contributed by atoms with Crippen LogP contribution < -0.4 is 5.32 Å². The van der Waals surface area contributed by atoms with Crippen molar-refractivity contribution in [2.45, 2.75) is 25.8 Å². The molecule has 0 fully saturated rings. The van der Waals surface area contributed by atoms with Gasteiger partial charge in [-0.2, -0.15) is 0 Å². The van der Waals surface area contributed by atoms with Crippen LogP contribution >= 0.6 is 15.9 Å². The fourth-order valence-electron chi connectivity index (χ4n) is 1.73. The van der Waals surface area contributed by atoms with Crippen LogP contribution in [0.25, 0.3) is 0 Å². The lowest BCUT2D eigenvalue weighted by Crippen LogP contribution is -2.33. The first-order chi connectivity index (χ1) is 9.16. The number of amides is 1. The van der Waals surface area contributed by atoms with Crippen LogP contribution in [0.15, 0.2) is 45.6 Å². The molecule has 2 heterocycles. The highest BCUT2D eigenvalue weighted by Gasteiger charge is 2.14. The highest BCUT2D eigenvalue weighted by Crippen LogP contribution is 2.13. The molecule has 0 aliphatic carbocycles. The summed E-state index contributed by atoms with van der Waals surface area (Å²) >= 11 is 3.32. The number of hydrogen-bond donors (Lipinski definition) is 1. The number of aromatic nitrogens is 1. The third-order valence-electron chi connectivity index (χ3n) is 2.75. The molecule has 2 rings (SSSR count). The maximum Gasteiger partial charge on any atom is 0.271 e. The van der Waals surface area contributed by atoms with E-state index >= 15 is 0 Å². The zero-order valence-electron chi connectivity index (χ0n) is 10.6. The Balaban J connectivity index is 1.87. The number of carbonyl (C=O) groups excluding carboxylic acids is 1. The lowest BCUT2D eigenvalue weighted by molar-refractivity contribution is 0.0932. The summed E-state index contributed by atoms with van der Waals surface area (Å²) in [7, 11) is 0. The van der Waals surface area contributed by atoms with Gasteiger partial charge < -0.3 is 9.73 Å². The van der Waals surface area contributed by atoms with Crippen molar-refractivity contribution in [1.82, 2.24) is 10.3 Å². The highest BCUT2D eigenvalue weighted by molar-refractivity contribution is 9.10. The van der Waals surface area contributed by atoms with E-state index in [1.165, 1.54) is 0 Å². The fraction of sp³-hybridized carbons (Fsp3) is 0.286. The number of nitrogens with one attached hydrogen (secondary N) is 1. The van der Waals surface area contributed by atoms with Crippen LogP contribution in [0.5, 0.6) is 0 Å². The third-order valence-corrected chi connectivity index (χ3v) is 3.39. The second kappa shape index (κ2) is 6.52. The third kappa shape index (κ3) is 3.92. The average Bonchev–Trinajstić information content (AvgIpc) is 2.90. The number of rotatable bonds is 5. The van der Waals surface area contributed by atoms with Crippen LogP contribution in [-0.2, 0) is 6.42 Å². The molecule has 19 heavy (non-hydrogen) atoms. The molecule has 0 radical (unpaired) electrons. The summed E-state index contributed by atoms with van der Waals surface area (Å²) in [6, 6.07) is 7.44. The molecular weight excluding hydrogens is 308 g/mol. The van der Waals surface area contributed by atoms with E-state index < -0.39 is 0 Å². The molecule has 1 atom stereocenters. The Labute approximate surface area is 120 Å². The lowest BCUT2D eigenvalue weighted by Gasteiger charge is -2.13. The predicted molar refractivity (Wildman–Crippen MR) is 75.9 cm³/mol. The summed E-state index contributed by atoms with van der Waals surface area (Å²) in [4.78, 5) is 16.1. The van der Waals surface area contributed by atoms with Crippen molar-refractivity contribution in [3.63, 3.8) is 0 Å². The normalized spacial score (nSPS) is 12.1. The lowest BCUT2D eigenvalue weighted by atomic mass is 10.1. The number of furan rings is 1. The number of hydrogen-bond acceptors (Lipinski definition) is 3. The van der Waals surface area contributed by atoms with Crippen LogP contribution in [0.1, 0.15) is 29.6 Å². The minimum Gasteiger partial charge on any atom is -0.469 e. The first kappa shape index (κ1) is 13.8. The van der Waals surface area contributed by atoms with Crippen molar-refractivity contribution in [2.24, 2.45) is 0 Å². The second-order valence-corrected chi connectivity index (χ2v) is 5.18. The molecule has 0 saturated heterocycles. The van der Waals surface area contributed by atoms with Gasteiger partial charge in [0.25, 0.3) is 5.91 Å². The Kier molecular flexibility index (Phi) is 4.74. The van der Waals surface area contributed by atoms with E-state index in [9.17, 15) is 4.79 Å².